The molecule has 4 rings (SSSR count). The molecule has 1 saturated heterocycles. The number of carbonyl (C=O) groups excluding carboxylic acids is 2. The van der Waals surface area contributed by atoms with Crippen LogP contribution in [0.15, 0.2) is 50.7 Å². The number of fused-ring (bicyclic) bond motifs is 1. The highest BCUT2D eigenvalue weighted by molar-refractivity contribution is 8.00. The number of oxime groups is 1. The van der Waals surface area contributed by atoms with Gasteiger partial charge in [-0.2, -0.15) is 0 Å². The highest BCUT2D eigenvalue weighted by Gasteiger charge is 2.54. The van der Waals surface area contributed by atoms with Crippen LogP contribution in [0, 0.1) is 0 Å². The molecule has 1 unspecified atom stereocenters. The smallest absolute Gasteiger partial charge is 0.352 e. The first-order chi connectivity index (χ1) is 15.4. The lowest BCUT2D eigenvalue weighted by Gasteiger charge is -2.49. The number of amides is 2. The van der Waals surface area contributed by atoms with E-state index in [1.807, 2.05) is 0 Å². The van der Waals surface area contributed by atoms with Crippen LogP contribution in [-0.2, 0) is 19.2 Å². The summed E-state index contributed by atoms with van der Waals surface area (Å²) in [5, 5.41) is 17.2. The Hall–Kier alpha value is -3.58. The molecule has 13 heteroatoms. The van der Waals surface area contributed by atoms with Crippen molar-refractivity contribution in [3.63, 3.8) is 0 Å². The maximum absolute atomic E-state index is 12.8. The van der Waals surface area contributed by atoms with E-state index in [2.05, 4.69) is 15.5 Å². The molecule has 32 heavy (non-hydrogen) atoms. The second-order valence-corrected chi connectivity index (χ2v) is 8.58. The summed E-state index contributed by atoms with van der Waals surface area (Å²) in [6.45, 7) is 0. The Morgan fingerprint density at radius 3 is 2.91 bits per heavy atom. The van der Waals surface area contributed by atoms with Crippen LogP contribution in [0.25, 0.3) is 6.08 Å². The molecule has 2 aromatic heterocycles. The number of anilines is 1. The van der Waals surface area contributed by atoms with Crippen LogP contribution in [0.5, 0.6) is 0 Å². The van der Waals surface area contributed by atoms with Crippen molar-refractivity contribution >= 4 is 57.8 Å². The van der Waals surface area contributed by atoms with E-state index in [-0.39, 0.29) is 22.2 Å². The first-order valence-corrected chi connectivity index (χ1v) is 11.1. The number of nitrogens with one attached hydrogen (secondary N) is 1. The molecule has 0 saturated carbocycles. The molecule has 2 aliphatic heterocycles. The van der Waals surface area contributed by atoms with Crippen LogP contribution >= 0.6 is 23.1 Å². The minimum absolute atomic E-state index is 0.120. The van der Waals surface area contributed by atoms with Crippen LogP contribution in [0.4, 0.5) is 5.13 Å². The summed E-state index contributed by atoms with van der Waals surface area (Å²) in [5.41, 5.74) is 6.04. The molecule has 0 aromatic carbocycles. The zero-order chi connectivity index (χ0) is 22.8. The molecule has 0 spiro atoms. The van der Waals surface area contributed by atoms with E-state index < -0.39 is 29.2 Å². The number of furan rings is 1. The van der Waals surface area contributed by atoms with Crippen LogP contribution in [0.3, 0.4) is 0 Å². The predicted octanol–water partition coefficient (Wildman–Crippen LogP) is 1.12. The van der Waals surface area contributed by atoms with Gasteiger partial charge in [-0.15, -0.1) is 23.1 Å². The fourth-order valence-corrected chi connectivity index (χ4v) is 5.11. The van der Waals surface area contributed by atoms with Crippen molar-refractivity contribution in [1.82, 2.24) is 15.2 Å². The number of hydrogen-bond donors (Lipinski definition) is 3. The molecule has 4 heterocycles. The molecule has 11 nitrogen and oxygen atoms in total. The van der Waals surface area contributed by atoms with Crippen molar-refractivity contribution < 1.29 is 28.7 Å². The van der Waals surface area contributed by atoms with Crippen molar-refractivity contribution in [2.24, 2.45) is 5.16 Å². The molecule has 0 aliphatic carbocycles. The van der Waals surface area contributed by atoms with Crippen LogP contribution < -0.4 is 11.1 Å². The van der Waals surface area contributed by atoms with Gasteiger partial charge in [0, 0.05) is 11.1 Å². The van der Waals surface area contributed by atoms with Crippen LogP contribution in [-0.4, -0.2) is 62.8 Å². The summed E-state index contributed by atoms with van der Waals surface area (Å²) in [4.78, 5) is 47.4. The number of β-lactam (4-membered cyclic amide) rings is 1. The maximum Gasteiger partial charge on any atom is 0.352 e. The van der Waals surface area contributed by atoms with Gasteiger partial charge in [0.15, 0.2) is 10.8 Å². The molecule has 2 atom stereocenters. The Kier molecular flexibility index (Phi) is 6.01. The zero-order valence-electron chi connectivity index (χ0n) is 16.5. The number of nitrogens with two attached hydrogens (primary N) is 1. The molecule has 2 amide bonds. The van der Waals surface area contributed by atoms with Crippen molar-refractivity contribution in [3.05, 3.63) is 52.6 Å². The Morgan fingerprint density at radius 2 is 2.28 bits per heavy atom. The van der Waals surface area contributed by atoms with Crippen molar-refractivity contribution in [1.29, 1.82) is 0 Å². The molecule has 0 radical (unpaired) electrons. The number of nitrogens with zero attached hydrogens (tertiary/aromatic N) is 3. The molecular formula is C19H17N5O6S2. The second kappa shape index (κ2) is 8.88. The second-order valence-electron chi connectivity index (χ2n) is 6.58. The fourth-order valence-electron chi connectivity index (χ4n) is 3.24. The minimum Gasteiger partial charge on any atom is -0.477 e. The fraction of sp³-hybridized carbons (Fsp3) is 0.211. The van der Waals surface area contributed by atoms with Gasteiger partial charge in [-0.1, -0.05) is 11.2 Å². The van der Waals surface area contributed by atoms with Crippen LogP contribution in [0.1, 0.15) is 11.5 Å². The Labute approximate surface area is 189 Å². The summed E-state index contributed by atoms with van der Waals surface area (Å²) in [5.74, 6) is -1.55. The SMILES string of the molecule is CON=C(C(=O)NC1C(=O)N2C(C(=O)O)=C(C=Cc3ccco3)CS[C@H]12)c1csc(N)n1. The third-order valence-corrected chi connectivity index (χ3v) is 6.62. The molecule has 166 valence electrons. The molecular weight excluding hydrogens is 458 g/mol. The Morgan fingerprint density at radius 1 is 1.47 bits per heavy atom. The van der Waals surface area contributed by atoms with E-state index in [1.165, 1.54) is 30.0 Å². The van der Waals surface area contributed by atoms with Crippen LogP contribution in [0.2, 0.25) is 0 Å². The summed E-state index contributed by atoms with van der Waals surface area (Å²) < 4.78 is 5.22. The van der Waals surface area contributed by atoms with E-state index in [1.54, 1.807) is 29.7 Å². The number of hydrogen-bond acceptors (Lipinski definition) is 10. The summed E-state index contributed by atoms with van der Waals surface area (Å²) in [7, 11) is 1.28. The van der Waals surface area contributed by atoms with Gasteiger partial charge in [-0.25, -0.2) is 9.78 Å². The summed E-state index contributed by atoms with van der Waals surface area (Å²) >= 11 is 2.47. The van der Waals surface area contributed by atoms with Crippen molar-refractivity contribution in [2.45, 2.75) is 11.4 Å². The molecule has 4 N–H and O–H groups in total. The van der Waals surface area contributed by atoms with Gasteiger partial charge in [0.2, 0.25) is 0 Å². The average Bonchev–Trinajstić information content (AvgIpc) is 3.45. The topological polar surface area (TPSA) is 160 Å². The number of aliphatic carboxylic acids is 1. The van der Waals surface area contributed by atoms with Crippen molar-refractivity contribution in [3.8, 4) is 0 Å². The number of thioether (sulfide) groups is 1. The summed E-state index contributed by atoms with van der Waals surface area (Å²) in [6, 6.07) is 2.52. The first kappa shape index (κ1) is 21.6. The minimum atomic E-state index is -1.23. The number of rotatable bonds is 7. The van der Waals surface area contributed by atoms with Crippen molar-refractivity contribution in [2.75, 3.05) is 18.6 Å². The van der Waals surface area contributed by atoms with Gasteiger partial charge in [-0.05, 0) is 23.8 Å². The van der Waals surface area contributed by atoms with E-state index in [0.717, 1.165) is 11.3 Å². The quantitative estimate of drug-likeness (QED) is 0.303. The van der Waals surface area contributed by atoms with Gasteiger partial charge in [-0.3, -0.25) is 14.5 Å². The van der Waals surface area contributed by atoms with E-state index >= 15 is 0 Å². The highest BCUT2D eigenvalue weighted by atomic mass is 32.2. The molecule has 0 bridgehead atoms. The number of aromatic nitrogens is 1. The Bertz CT molecular complexity index is 1150. The number of carbonyl (C=O) groups is 3. The van der Waals surface area contributed by atoms with Gasteiger partial charge >= 0.3 is 5.97 Å². The highest BCUT2D eigenvalue weighted by Crippen LogP contribution is 2.40. The number of nitrogen functional groups attached to an aromatic ring is 1. The normalized spacial score (nSPS) is 20.8. The average molecular weight is 476 g/mol. The maximum atomic E-state index is 12.8. The summed E-state index contributed by atoms with van der Waals surface area (Å²) in [6.07, 6.45) is 4.75. The number of carboxylic acids is 1. The zero-order valence-corrected chi connectivity index (χ0v) is 18.2. The lowest BCUT2D eigenvalue weighted by molar-refractivity contribution is -0.150. The Balaban J connectivity index is 1.53. The first-order valence-electron chi connectivity index (χ1n) is 9.16. The number of carboxylic acid groups (broad SMARTS) is 1. The van der Waals surface area contributed by atoms with E-state index in [0.29, 0.717) is 17.1 Å². The monoisotopic (exact) mass is 475 g/mol. The predicted molar refractivity (Wildman–Crippen MR) is 117 cm³/mol. The largest absolute Gasteiger partial charge is 0.477 e. The van der Waals surface area contributed by atoms with E-state index in [9.17, 15) is 19.5 Å². The van der Waals surface area contributed by atoms with Gasteiger partial charge in [0.25, 0.3) is 11.8 Å². The third-order valence-electron chi connectivity index (χ3n) is 4.64. The standard InChI is InChI=1S/C19H17N5O6S2/c1-29-23-12(11-8-32-19(20)21-11)15(25)22-13-16(26)24-14(18(27)28)9(7-31-17(13)24)4-5-10-3-2-6-30-10/h2-6,8,13,17H,7H2,1H3,(H2,20,21)(H,22,25)(H,27,28)/t13?,17-/m1/s1. The number of allylic oxidation sites excluding steroid dienone is 1. The third kappa shape index (κ3) is 3.99. The lowest BCUT2D eigenvalue weighted by Crippen LogP contribution is -2.71. The van der Waals surface area contributed by atoms with Gasteiger partial charge in [0.05, 0.1) is 6.26 Å². The van der Waals surface area contributed by atoms with E-state index in [4.69, 9.17) is 15.0 Å². The lowest BCUT2D eigenvalue weighted by atomic mass is 10.0. The molecule has 2 aromatic rings. The number of thiazole rings is 1. The van der Waals surface area contributed by atoms with Gasteiger partial charge in [0.1, 0.15) is 35.7 Å². The molecule has 2 aliphatic rings. The molecule has 1 fully saturated rings. The van der Waals surface area contributed by atoms with Gasteiger partial charge < -0.3 is 25.4 Å².